The van der Waals surface area contributed by atoms with E-state index < -0.39 is 41.1 Å². The summed E-state index contributed by atoms with van der Waals surface area (Å²) in [5, 5.41) is 11.1. The number of alkyl halides is 1. The normalized spacial score (nSPS) is 21.1. The second kappa shape index (κ2) is 16.2. The molecule has 0 bridgehead atoms. The van der Waals surface area contributed by atoms with Gasteiger partial charge in [-0.1, -0.05) is 0 Å². The molecule has 1 aromatic heterocycles. The van der Waals surface area contributed by atoms with Crippen molar-refractivity contribution >= 4 is 59.4 Å². The van der Waals surface area contributed by atoms with Crippen LogP contribution in [0.3, 0.4) is 0 Å². The van der Waals surface area contributed by atoms with Crippen molar-refractivity contribution in [1.29, 1.82) is 5.26 Å². The monoisotopic (exact) mass is 960 g/mol. The van der Waals surface area contributed by atoms with E-state index in [1.807, 2.05) is 18.2 Å². The van der Waals surface area contributed by atoms with E-state index in [4.69, 9.17) is 23.9 Å². The Hall–Kier alpha value is -4.39. The number of amides is 1. The van der Waals surface area contributed by atoms with E-state index in [-0.39, 0.29) is 73.3 Å². The number of carbonyl (C=O) groups is 1. The Bertz CT molecular complexity index is 2270. The third kappa shape index (κ3) is 7.93. The molecular formula is C41H42F3N6O5Tl. The van der Waals surface area contributed by atoms with Crippen LogP contribution in [-0.4, -0.2) is 128 Å². The van der Waals surface area contributed by atoms with Gasteiger partial charge in [-0.25, -0.2) is 9.18 Å². The molecule has 3 saturated heterocycles. The number of piperazine rings is 1. The van der Waals surface area contributed by atoms with E-state index in [0.717, 1.165) is 19.4 Å². The van der Waals surface area contributed by atoms with Gasteiger partial charge in [0.15, 0.2) is 0 Å². The maximum absolute atomic E-state index is 17.4. The summed E-state index contributed by atoms with van der Waals surface area (Å²) >= 11 is 0.375. The number of anilines is 1. The van der Waals surface area contributed by atoms with Crippen molar-refractivity contribution < 1.29 is 36.9 Å². The van der Waals surface area contributed by atoms with Crippen molar-refractivity contribution in [2.24, 2.45) is 0 Å². The fourth-order valence-corrected chi connectivity index (χ4v) is 8.84. The molecule has 3 aliphatic heterocycles. The Labute approximate surface area is 339 Å². The molecule has 3 aliphatic rings. The summed E-state index contributed by atoms with van der Waals surface area (Å²) in [5.74, 6) is 1.85. The van der Waals surface area contributed by atoms with Gasteiger partial charge in [-0.05, 0) is 40.2 Å². The minimum atomic E-state index is -0.989. The zero-order chi connectivity index (χ0) is 39.8. The third-order valence-electron chi connectivity index (χ3n) is 10.6. The van der Waals surface area contributed by atoms with Gasteiger partial charge < -0.3 is 9.64 Å². The van der Waals surface area contributed by atoms with Crippen LogP contribution in [0.2, 0.25) is 0 Å². The number of nitriles is 1. The molecular weight excluding hydrogens is 918 g/mol. The molecule has 0 N–H and O–H groups in total. The number of carbonyl (C=O) groups excluding carboxylic acids is 1. The van der Waals surface area contributed by atoms with Crippen LogP contribution < -0.4 is 14.4 Å². The average molecular weight is 960 g/mol. The van der Waals surface area contributed by atoms with E-state index in [2.05, 4.69) is 25.4 Å². The number of rotatable bonds is 9. The maximum atomic E-state index is 17.4. The van der Waals surface area contributed by atoms with Crippen molar-refractivity contribution in [3.8, 4) is 38.4 Å². The van der Waals surface area contributed by atoms with E-state index in [1.165, 1.54) is 18.1 Å². The van der Waals surface area contributed by atoms with E-state index in [1.54, 1.807) is 37.8 Å². The average Bonchev–Trinajstić information content (AvgIpc) is 3.68. The first kappa shape index (κ1) is 39.8. The van der Waals surface area contributed by atoms with Crippen LogP contribution in [0.4, 0.5) is 23.8 Å². The number of hydrogen-bond donors (Lipinski definition) is 0. The van der Waals surface area contributed by atoms with E-state index in [9.17, 15) is 14.4 Å². The summed E-state index contributed by atoms with van der Waals surface area (Å²) in [6.07, 6.45) is 0.376. The molecule has 0 radical (unpaired) electrons. The Morgan fingerprint density at radius 3 is 2.68 bits per heavy atom. The molecule has 4 heterocycles. The predicted octanol–water partition coefficient (Wildman–Crippen LogP) is 6.48. The SMILES string of the molecule is COCOc1cc(-c2c(F)cc3c(N4CCN(C(=O)OC(C)(C)C)[C@@H](CC#N)C4)nc(OC[C@@]45CCCN4C[C@H](F)C5)nc3c2F)c2c(C#[C][Tl])cccc2c1. The van der Waals surface area contributed by atoms with Crippen LogP contribution in [0.15, 0.2) is 36.4 Å². The van der Waals surface area contributed by atoms with Crippen molar-refractivity contribution in [1.82, 2.24) is 19.8 Å². The predicted molar refractivity (Wildman–Crippen MR) is 205 cm³/mol. The zero-order valence-electron chi connectivity index (χ0n) is 31.8. The Morgan fingerprint density at radius 2 is 1.93 bits per heavy atom. The van der Waals surface area contributed by atoms with Gasteiger partial charge in [-0.2, -0.15) is 5.26 Å². The van der Waals surface area contributed by atoms with Gasteiger partial charge in [-0.15, -0.1) is 0 Å². The molecule has 56 heavy (non-hydrogen) atoms. The van der Waals surface area contributed by atoms with Crippen LogP contribution in [0.25, 0.3) is 32.8 Å². The number of nitrogens with zero attached hydrogens (tertiary/aromatic N) is 6. The zero-order valence-corrected chi connectivity index (χ0v) is 36.3. The van der Waals surface area contributed by atoms with Crippen molar-refractivity contribution in [2.75, 3.05) is 58.1 Å². The van der Waals surface area contributed by atoms with E-state index in [0.29, 0.717) is 60.8 Å². The molecule has 15 heteroatoms. The van der Waals surface area contributed by atoms with Crippen LogP contribution in [0.5, 0.6) is 11.8 Å². The quantitative estimate of drug-likeness (QED) is 0.105. The molecule has 290 valence electrons. The summed E-state index contributed by atoms with van der Waals surface area (Å²) in [4.78, 5) is 27.9. The number of halogens is 3. The van der Waals surface area contributed by atoms with Crippen molar-refractivity contribution in [2.45, 2.75) is 69.8 Å². The van der Waals surface area contributed by atoms with Crippen LogP contribution in [0, 0.1) is 32.4 Å². The molecule has 0 spiro atoms. The molecule has 4 aromatic rings. The summed E-state index contributed by atoms with van der Waals surface area (Å²) in [7, 11) is 1.48. The van der Waals surface area contributed by atoms with Gasteiger partial charge in [0.25, 0.3) is 0 Å². The van der Waals surface area contributed by atoms with Gasteiger partial charge in [-0.3, -0.25) is 4.90 Å². The fraction of sp³-hybridized carbons (Fsp3) is 0.463. The Morgan fingerprint density at radius 1 is 1.11 bits per heavy atom. The fourth-order valence-electron chi connectivity index (χ4n) is 8.24. The van der Waals surface area contributed by atoms with Crippen LogP contribution in [-0.2, 0) is 9.47 Å². The molecule has 3 atom stereocenters. The summed E-state index contributed by atoms with van der Waals surface area (Å²) in [6.45, 7) is 6.87. The van der Waals surface area contributed by atoms with Gasteiger partial charge in [0.05, 0.1) is 24.1 Å². The number of hydrogen-bond acceptors (Lipinski definition) is 10. The first-order chi connectivity index (χ1) is 26.8. The first-order valence-corrected chi connectivity index (χ1v) is 20.8. The summed E-state index contributed by atoms with van der Waals surface area (Å²) in [6, 6.07) is 11.4. The Kier molecular flexibility index (Phi) is 11.5. The second-order valence-electron chi connectivity index (χ2n) is 15.5. The topological polar surface area (TPSA) is 113 Å². The number of ether oxygens (including phenoxy) is 4. The molecule has 0 unspecified atom stereocenters. The van der Waals surface area contributed by atoms with Crippen LogP contribution in [0.1, 0.15) is 52.0 Å². The second-order valence-corrected chi connectivity index (χ2v) is 16.6. The van der Waals surface area contributed by atoms with E-state index >= 15 is 8.78 Å². The number of benzene rings is 3. The number of aromatic nitrogens is 2. The Balaban J connectivity index is 1.38. The molecule has 11 nitrogen and oxygen atoms in total. The number of methoxy groups -OCH3 is 1. The van der Waals surface area contributed by atoms with Crippen molar-refractivity contribution in [3.63, 3.8) is 0 Å². The van der Waals surface area contributed by atoms with Gasteiger partial charge in [0, 0.05) is 19.5 Å². The molecule has 7 rings (SSSR count). The minimum absolute atomic E-state index is 0.0156. The molecule has 0 aliphatic carbocycles. The molecule has 3 fully saturated rings. The number of fused-ring (bicyclic) bond motifs is 3. The third-order valence-corrected chi connectivity index (χ3v) is 11.1. The van der Waals surface area contributed by atoms with Gasteiger partial charge in [0.1, 0.15) is 11.8 Å². The standard InChI is InChI=1S/C41H42F3N6O5.Tl/c1-6-25-9-7-10-26-17-29(54-24-52-5)18-30(33(25)26)34-32(43)19-31-36(35(34)44)46-38(53-23-41-12-8-14-49(41)21-27(42)20-41)47-37(31)48-15-16-50(28(22-48)11-13-45)39(51)55-40(2,3)4;/h7,9-10,17-19,27-28H,8,11-12,14-16,20-24H2,2-5H3;/t27-,28+,41+;/m1./s1. The molecule has 0 saturated carbocycles. The molecule has 1 amide bonds. The van der Waals surface area contributed by atoms with Gasteiger partial charge >= 0.3 is 217 Å². The van der Waals surface area contributed by atoms with Crippen LogP contribution >= 0.6 is 0 Å². The molecule has 3 aromatic carbocycles. The van der Waals surface area contributed by atoms with Crippen molar-refractivity contribution in [3.05, 3.63) is 53.6 Å². The first-order valence-electron chi connectivity index (χ1n) is 18.6. The summed E-state index contributed by atoms with van der Waals surface area (Å²) < 4.78 is 74.8. The summed E-state index contributed by atoms with van der Waals surface area (Å²) in [5.41, 5.74) is -0.984. The van der Waals surface area contributed by atoms with Gasteiger partial charge in [0.2, 0.25) is 0 Å².